The first-order valence-electron chi connectivity index (χ1n) is 6.06. The molecule has 92 valence electrons. The highest BCUT2D eigenvalue weighted by molar-refractivity contribution is 7.96. The maximum atomic E-state index is 11.2. The molecule has 1 atom stereocenters. The standard InChI is InChI=1S/C12H20O3S/c13-11(16)8-4-7-10(12(14)15)9-5-2-1-3-6-9/h9-10H,1-8H2,(H,13,16)(H,14,15). The monoisotopic (exact) mass is 244 g/mol. The molecule has 0 spiro atoms. The van der Waals surface area contributed by atoms with Crippen molar-refractivity contribution in [2.45, 2.75) is 51.4 Å². The number of thiol groups is 1. The van der Waals surface area contributed by atoms with Gasteiger partial charge in [0.1, 0.15) is 0 Å². The summed E-state index contributed by atoms with van der Waals surface area (Å²) in [6.07, 6.45) is 7.26. The van der Waals surface area contributed by atoms with Crippen LogP contribution in [0.3, 0.4) is 0 Å². The Balaban J connectivity index is 2.40. The minimum absolute atomic E-state index is 0.146. The van der Waals surface area contributed by atoms with Crippen LogP contribution in [0.2, 0.25) is 0 Å². The summed E-state index contributed by atoms with van der Waals surface area (Å²) in [5.41, 5.74) is 0. The van der Waals surface area contributed by atoms with Crippen molar-refractivity contribution >= 4 is 23.7 Å². The number of hydrogen-bond acceptors (Lipinski definition) is 2. The van der Waals surface area contributed by atoms with Gasteiger partial charge in [-0.25, -0.2) is 0 Å². The van der Waals surface area contributed by atoms with Crippen molar-refractivity contribution in [3.8, 4) is 0 Å². The van der Waals surface area contributed by atoms with Crippen molar-refractivity contribution in [1.29, 1.82) is 0 Å². The zero-order valence-corrected chi connectivity index (χ0v) is 10.4. The molecular weight excluding hydrogens is 224 g/mol. The van der Waals surface area contributed by atoms with E-state index >= 15 is 0 Å². The molecule has 1 aliphatic rings. The van der Waals surface area contributed by atoms with Crippen LogP contribution >= 0.6 is 12.6 Å². The van der Waals surface area contributed by atoms with Crippen molar-refractivity contribution in [2.75, 3.05) is 0 Å². The maximum Gasteiger partial charge on any atom is 0.306 e. The van der Waals surface area contributed by atoms with Crippen molar-refractivity contribution in [3.05, 3.63) is 0 Å². The van der Waals surface area contributed by atoms with Crippen molar-refractivity contribution in [3.63, 3.8) is 0 Å². The van der Waals surface area contributed by atoms with Crippen LogP contribution in [0.25, 0.3) is 0 Å². The molecule has 0 aromatic rings. The molecule has 0 aromatic carbocycles. The third-order valence-corrected chi connectivity index (χ3v) is 3.67. The fourth-order valence-electron chi connectivity index (χ4n) is 2.57. The highest BCUT2D eigenvalue weighted by Gasteiger charge is 2.28. The van der Waals surface area contributed by atoms with Crippen molar-refractivity contribution in [2.24, 2.45) is 11.8 Å². The Hall–Kier alpha value is -0.510. The lowest BCUT2D eigenvalue weighted by Gasteiger charge is -2.27. The summed E-state index contributed by atoms with van der Waals surface area (Å²) < 4.78 is 0. The molecule has 0 radical (unpaired) electrons. The van der Waals surface area contributed by atoms with Gasteiger partial charge in [0.15, 0.2) is 5.12 Å². The molecule has 0 heterocycles. The molecule has 1 rings (SSSR count). The molecular formula is C12H20O3S. The van der Waals surface area contributed by atoms with Gasteiger partial charge in [-0.1, -0.05) is 19.3 Å². The molecule has 1 N–H and O–H groups in total. The third-order valence-electron chi connectivity index (χ3n) is 3.44. The molecule has 4 heteroatoms. The first-order chi connectivity index (χ1) is 7.61. The first-order valence-corrected chi connectivity index (χ1v) is 6.50. The number of aliphatic carboxylic acids is 1. The van der Waals surface area contributed by atoms with Crippen LogP contribution in [0.15, 0.2) is 0 Å². The second-order valence-electron chi connectivity index (χ2n) is 4.63. The topological polar surface area (TPSA) is 54.4 Å². The van der Waals surface area contributed by atoms with E-state index in [1.54, 1.807) is 0 Å². The van der Waals surface area contributed by atoms with Crippen LogP contribution in [0.5, 0.6) is 0 Å². The predicted octanol–water partition coefficient (Wildman–Crippen LogP) is 2.89. The van der Waals surface area contributed by atoms with Gasteiger partial charge in [-0.2, -0.15) is 0 Å². The summed E-state index contributed by atoms with van der Waals surface area (Å²) in [6, 6.07) is 0. The van der Waals surface area contributed by atoms with E-state index < -0.39 is 5.97 Å². The van der Waals surface area contributed by atoms with Gasteiger partial charge in [0.25, 0.3) is 0 Å². The molecule has 16 heavy (non-hydrogen) atoms. The Morgan fingerprint density at radius 1 is 1.25 bits per heavy atom. The van der Waals surface area contributed by atoms with Crippen LogP contribution in [0.4, 0.5) is 0 Å². The number of carboxylic acids is 1. The normalized spacial score (nSPS) is 19.3. The molecule has 1 unspecified atom stereocenters. The minimum atomic E-state index is -0.696. The van der Waals surface area contributed by atoms with E-state index in [0.29, 0.717) is 25.2 Å². The van der Waals surface area contributed by atoms with Gasteiger partial charge in [-0.05, 0) is 31.6 Å². The zero-order chi connectivity index (χ0) is 12.0. The Kier molecular flexibility index (Phi) is 5.88. The van der Waals surface area contributed by atoms with Crippen molar-refractivity contribution in [1.82, 2.24) is 0 Å². The SMILES string of the molecule is O=C(S)CCCC(C(=O)O)C1CCCCC1. The van der Waals surface area contributed by atoms with E-state index in [1.807, 2.05) is 0 Å². The quantitative estimate of drug-likeness (QED) is 0.706. The van der Waals surface area contributed by atoms with Gasteiger partial charge in [0.05, 0.1) is 5.92 Å². The van der Waals surface area contributed by atoms with E-state index in [-0.39, 0.29) is 11.0 Å². The second-order valence-corrected chi connectivity index (χ2v) is 5.13. The summed E-state index contributed by atoms with van der Waals surface area (Å²) >= 11 is 3.69. The van der Waals surface area contributed by atoms with E-state index in [2.05, 4.69) is 12.6 Å². The van der Waals surface area contributed by atoms with Gasteiger partial charge in [0, 0.05) is 6.42 Å². The van der Waals surface area contributed by atoms with Gasteiger partial charge in [-0.15, -0.1) is 12.6 Å². The smallest absolute Gasteiger partial charge is 0.306 e. The number of carboxylic acid groups (broad SMARTS) is 1. The van der Waals surface area contributed by atoms with Crippen molar-refractivity contribution < 1.29 is 14.7 Å². The molecule has 1 fully saturated rings. The average Bonchev–Trinajstić information content (AvgIpc) is 2.25. The van der Waals surface area contributed by atoms with Gasteiger partial charge in [0.2, 0.25) is 0 Å². The molecule has 1 saturated carbocycles. The second kappa shape index (κ2) is 6.94. The van der Waals surface area contributed by atoms with Crippen LogP contribution in [0.1, 0.15) is 51.4 Å². The van der Waals surface area contributed by atoms with Crippen LogP contribution < -0.4 is 0 Å². The van der Waals surface area contributed by atoms with E-state index in [9.17, 15) is 14.7 Å². The van der Waals surface area contributed by atoms with Crippen LogP contribution in [-0.2, 0) is 9.59 Å². The Labute approximate surface area is 102 Å². The fraction of sp³-hybridized carbons (Fsp3) is 0.833. The predicted molar refractivity (Wildman–Crippen MR) is 65.5 cm³/mol. The molecule has 0 aromatic heterocycles. The van der Waals surface area contributed by atoms with Gasteiger partial charge < -0.3 is 5.11 Å². The Bertz CT molecular complexity index is 247. The molecule has 1 aliphatic carbocycles. The lowest BCUT2D eigenvalue weighted by molar-refractivity contribution is -0.144. The fourth-order valence-corrected chi connectivity index (χ4v) is 2.73. The first kappa shape index (κ1) is 13.6. The third kappa shape index (κ3) is 4.56. The largest absolute Gasteiger partial charge is 0.481 e. The van der Waals surface area contributed by atoms with Crippen LogP contribution in [0, 0.1) is 11.8 Å². The summed E-state index contributed by atoms with van der Waals surface area (Å²) in [5, 5.41) is 9.04. The average molecular weight is 244 g/mol. The summed E-state index contributed by atoms with van der Waals surface area (Å²) in [5.74, 6) is -0.632. The minimum Gasteiger partial charge on any atom is -0.481 e. The highest BCUT2D eigenvalue weighted by atomic mass is 32.1. The number of carbonyl (C=O) groups excluding carboxylic acids is 1. The Morgan fingerprint density at radius 3 is 2.38 bits per heavy atom. The molecule has 3 nitrogen and oxygen atoms in total. The Morgan fingerprint density at radius 2 is 1.88 bits per heavy atom. The molecule has 0 bridgehead atoms. The van der Waals surface area contributed by atoms with Crippen LogP contribution in [-0.4, -0.2) is 16.2 Å². The summed E-state index contributed by atoms with van der Waals surface area (Å²) in [4.78, 5) is 21.9. The van der Waals surface area contributed by atoms with E-state index in [0.717, 1.165) is 25.7 Å². The van der Waals surface area contributed by atoms with Gasteiger partial charge >= 0.3 is 5.97 Å². The lowest BCUT2D eigenvalue weighted by atomic mass is 9.78. The highest BCUT2D eigenvalue weighted by Crippen LogP contribution is 2.32. The summed E-state index contributed by atoms with van der Waals surface area (Å²) in [7, 11) is 0. The van der Waals surface area contributed by atoms with Gasteiger partial charge in [-0.3, -0.25) is 9.59 Å². The number of rotatable bonds is 6. The lowest BCUT2D eigenvalue weighted by Crippen LogP contribution is -2.25. The zero-order valence-electron chi connectivity index (χ0n) is 9.52. The number of hydrogen-bond donors (Lipinski definition) is 2. The molecule has 0 saturated heterocycles. The van der Waals surface area contributed by atoms with E-state index in [1.165, 1.54) is 6.42 Å². The molecule has 0 amide bonds. The molecule has 0 aliphatic heterocycles. The number of carbonyl (C=O) groups is 2. The van der Waals surface area contributed by atoms with E-state index in [4.69, 9.17) is 0 Å². The maximum absolute atomic E-state index is 11.2. The summed E-state index contributed by atoms with van der Waals surface area (Å²) in [6.45, 7) is 0.